The van der Waals surface area contributed by atoms with Gasteiger partial charge in [0.1, 0.15) is 6.04 Å². The third-order valence-corrected chi connectivity index (χ3v) is 9.20. The lowest BCUT2D eigenvalue weighted by Crippen LogP contribution is -2.51. The van der Waals surface area contributed by atoms with Crippen LogP contribution in [0.25, 0.3) is 0 Å². The number of hydrogen-bond acceptors (Lipinski definition) is 8. The average Bonchev–Trinajstić information content (AvgIpc) is 3.11. The molecule has 1 aromatic heterocycles. The van der Waals surface area contributed by atoms with Crippen molar-refractivity contribution in [3.63, 3.8) is 0 Å². The largest absolute Gasteiger partial charge is 0.453 e. The van der Waals surface area contributed by atoms with Crippen LogP contribution in [-0.2, 0) is 30.7 Å². The molecule has 254 valence electrons. The zero-order valence-corrected chi connectivity index (χ0v) is 28.0. The summed E-state index contributed by atoms with van der Waals surface area (Å²) in [6.45, 7) is 7.19. The van der Waals surface area contributed by atoms with Crippen LogP contribution in [0.4, 0.5) is 10.5 Å². The Kier molecular flexibility index (Phi) is 13.6. The van der Waals surface area contributed by atoms with Crippen molar-refractivity contribution in [2.24, 2.45) is 0 Å². The van der Waals surface area contributed by atoms with Crippen molar-refractivity contribution < 1.29 is 27.5 Å². The van der Waals surface area contributed by atoms with Crippen molar-refractivity contribution in [1.29, 1.82) is 0 Å². The molecule has 1 unspecified atom stereocenters. The zero-order valence-electron chi connectivity index (χ0n) is 27.2. The fraction of sp³-hybridized carbons (Fsp3) is 0.306. The minimum absolute atomic E-state index is 0.0282. The Hall–Kier alpha value is -4.62. The van der Waals surface area contributed by atoms with Gasteiger partial charge in [0.15, 0.2) is 5.03 Å². The second-order valence-electron chi connectivity index (χ2n) is 11.2. The number of aryl methyl sites for hydroxylation is 1. The van der Waals surface area contributed by atoms with Gasteiger partial charge in [-0.3, -0.25) is 4.79 Å². The van der Waals surface area contributed by atoms with Crippen LogP contribution < -0.4 is 20.7 Å². The first-order valence-corrected chi connectivity index (χ1v) is 17.2. The van der Waals surface area contributed by atoms with Gasteiger partial charge in [0.2, 0.25) is 5.91 Å². The highest BCUT2D eigenvalue weighted by atomic mass is 32.2. The van der Waals surface area contributed by atoms with Crippen LogP contribution >= 0.6 is 0 Å². The van der Waals surface area contributed by atoms with E-state index in [9.17, 15) is 18.0 Å². The normalized spacial score (nSPS) is 17.9. The van der Waals surface area contributed by atoms with E-state index in [-0.39, 0.29) is 23.7 Å². The topological polar surface area (TPSA) is 148 Å². The van der Waals surface area contributed by atoms with E-state index in [1.807, 2.05) is 85.8 Å². The van der Waals surface area contributed by atoms with Crippen LogP contribution in [0.1, 0.15) is 30.4 Å². The number of anilines is 1. The predicted molar refractivity (Wildman–Crippen MR) is 186 cm³/mol. The maximum atomic E-state index is 14.0. The monoisotopic (exact) mass is 673 g/mol. The van der Waals surface area contributed by atoms with Gasteiger partial charge < -0.3 is 25.4 Å². The lowest BCUT2D eigenvalue weighted by molar-refractivity contribution is -0.118. The number of rotatable bonds is 15. The van der Waals surface area contributed by atoms with E-state index in [1.54, 1.807) is 12.1 Å². The number of carbonyl (C=O) groups excluding carboxylic acids is 2. The molecule has 1 aliphatic heterocycles. The van der Waals surface area contributed by atoms with E-state index in [2.05, 4.69) is 32.2 Å². The third kappa shape index (κ3) is 10.4. The number of nitrogens with zero attached hydrogens (tertiary/aromatic N) is 1. The van der Waals surface area contributed by atoms with Crippen LogP contribution in [-0.4, -0.2) is 70.4 Å². The summed E-state index contributed by atoms with van der Waals surface area (Å²) in [4.78, 5) is 30.4. The second kappa shape index (κ2) is 18.1. The Morgan fingerprint density at radius 3 is 2.52 bits per heavy atom. The molecule has 3 aromatic rings. The molecule has 4 rings (SSSR count). The van der Waals surface area contributed by atoms with Crippen LogP contribution in [0.2, 0.25) is 0 Å². The quantitative estimate of drug-likeness (QED) is 0.173. The number of amides is 2. The van der Waals surface area contributed by atoms with Crippen molar-refractivity contribution in [3.05, 3.63) is 127 Å². The highest BCUT2D eigenvalue weighted by Gasteiger charge is 2.33. The van der Waals surface area contributed by atoms with E-state index in [1.165, 1.54) is 19.4 Å². The molecule has 0 radical (unpaired) electrons. The molecule has 1 aliphatic rings. The maximum Gasteiger partial charge on any atom is 0.407 e. The molecule has 11 nitrogen and oxygen atoms in total. The molecule has 4 N–H and O–H groups in total. The number of alkyl carbamates (subject to hydrolysis) is 1. The Balaban J connectivity index is 1.40. The van der Waals surface area contributed by atoms with E-state index < -0.39 is 34.0 Å². The number of pyridine rings is 1. The number of morpholine rings is 1. The summed E-state index contributed by atoms with van der Waals surface area (Å²) in [6.07, 6.45) is 9.27. The summed E-state index contributed by atoms with van der Waals surface area (Å²) in [6, 6.07) is 20.4. The highest BCUT2D eigenvalue weighted by Crippen LogP contribution is 2.30. The van der Waals surface area contributed by atoms with Crippen molar-refractivity contribution in [3.8, 4) is 0 Å². The SMILES string of the molecule is C=C(/C=C\C=C/C)[C@@H](c1ccccc1)C(NC(=O)OC)C(=O)Nc1ccccc1CC[C@@H]1CN[C@H](CNS(=O)(=O)c2ccccn2)CO1. The Bertz CT molecular complexity index is 1670. The first-order valence-electron chi connectivity index (χ1n) is 15.7. The van der Waals surface area contributed by atoms with E-state index >= 15 is 0 Å². The molecule has 2 amide bonds. The van der Waals surface area contributed by atoms with E-state index in [0.717, 1.165) is 11.1 Å². The average molecular weight is 674 g/mol. The first kappa shape index (κ1) is 36.2. The molecule has 0 aliphatic carbocycles. The number of benzene rings is 2. The fourth-order valence-corrected chi connectivity index (χ4v) is 6.35. The number of hydrogen-bond donors (Lipinski definition) is 4. The fourth-order valence-electron chi connectivity index (χ4n) is 5.32. The summed E-state index contributed by atoms with van der Waals surface area (Å²) in [5.74, 6) is -1.00. The second-order valence-corrected chi connectivity index (χ2v) is 12.9. The predicted octanol–water partition coefficient (Wildman–Crippen LogP) is 4.49. The van der Waals surface area contributed by atoms with Crippen LogP contribution in [0.3, 0.4) is 0 Å². The molecule has 2 aromatic carbocycles. The van der Waals surface area contributed by atoms with Crippen LogP contribution in [0, 0.1) is 0 Å². The number of methoxy groups -OCH3 is 1. The van der Waals surface area contributed by atoms with Crippen molar-refractivity contribution in [1.82, 2.24) is 20.3 Å². The molecule has 1 saturated heterocycles. The highest BCUT2D eigenvalue weighted by molar-refractivity contribution is 7.89. The summed E-state index contributed by atoms with van der Waals surface area (Å²) in [5.41, 5.74) is 2.96. The number of ether oxygens (including phenoxy) is 2. The summed E-state index contributed by atoms with van der Waals surface area (Å²) in [7, 11) is -2.46. The van der Waals surface area contributed by atoms with Gasteiger partial charge >= 0.3 is 6.09 Å². The minimum atomic E-state index is -3.71. The molecule has 1 fully saturated rings. The minimum Gasteiger partial charge on any atom is -0.453 e. The van der Waals surface area contributed by atoms with Gasteiger partial charge in [-0.1, -0.05) is 85.5 Å². The molecule has 12 heteroatoms. The first-order chi connectivity index (χ1) is 23.2. The third-order valence-electron chi connectivity index (χ3n) is 7.86. The van der Waals surface area contributed by atoms with E-state index in [4.69, 9.17) is 9.47 Å². The molecule has 2 heterocycles. The summed E-state index contributed by atoms with van der Waals surface area (Å²) < 4.78 is 38.5. The van der Waals surface area contributed by atoms with Crippen LogP contribution in [0.15, 0.2) is 120 Å². The smallest absolute Gasteiger partial charge is 0.407 e. The van der Waals surface area contributed by atoms with Gasteiger partial charge in [-0.05, 0) is 54.7 Å². The Labute approximate surface area is 282 Å². The molecule has 0 spiro atoms. The number of sulfonamides is 1. The standard InChI is InChI=1S/C36H43N5O6S/c1-4-5-7-14-26(2)33(28-16-8-6-9-17-28)34(41-36(43)46-3)35(42)40-31-18-11-10-15-27(31)20-21-30-24-38-29(25-47-30)23-39-48(44,45)32-19-12-13-22-37-32/h4-19,22,29-30,33-34,38-39H,2,20-21,23-25H2,1,3H3,(H,40,42)(H,41,43)/b5-4-,14-7-/t29-,30-,33+,34?/m1/s1. The van der Waals surface area contributed by atoms with Gasteiger partial charge in [0.25, 0.3) is 10.0 Å². The van der Waals surface area contributed by atoms with Gasteiger partial charge in [0, 0.05) is 36.9 Å². The number of aromatic nitrogens is 1. The Morgan fingerprint density at radius 2 is 1.83 bits per heavy atom. The number of carbonyl (C=O) groups is 2. The molecule has 0 saturated carbocycles. The van der Waals surface area contributed by atoms with E-state index in [0.29, 0.717) is 37.3 Å². The van der Waals surface area contributed by atoms with Crippen molar-refractivity contribution in [2.75, 3.05) is 32.1 Å². The maximum absolute atomic E-state index is 14.0. The summed E-state index contributed by atoms with van der Waals surface area (Å²) >= 11 is 0. The van der Waals surface area contributed by atoms with Gasteiger partial charge in [-0.15, -0.1) is 0 Å². The Morgan fingerprint density at radius 1 is 1.08 bits per heavy atom. The number of nitrogens with one attached hydrogen (secondary N) is 4. The molecule has 4 atom stereocenters. The molecule has 48 heavy (non-hydrogen) atoms. The van der Waals surface area contributed by atoms with Gasteiger partial charge in [0.05, 0.1) is 19.8 Å². The van der Waals surface area contributed by atoms with Crippen molar-refractivity contribution >= 4 is 27.7 Å². The lowest BCUT2D eigenvalue weighted by atomic mass is 9.84. The van der Waals surface area contributed by atoms with Crippen LogP contribution in [0.5, 0.6) is 0 Å². The van der Waals surface area contributed by atoms with Gasteiger partial charge in [-0.25, -0.2) is 22.9 Å². The van der Waals surface area contributed by atoms with Gasteiger partial charge in [-0.2, -0.15) is 0 Å². The van der Waals surface area contributed by atoms with Crippen molar-refractivity contribution in [2.45, 2.75) is 48.9 Å². The lowest BCUT2D eigenvalue weighted by Gasteiger charge is -2.31. The zero-order chi connectivity index (χ0) is 34.4. The number of para-hydroxylation sites is 1. The molecule has 0 bridgehead atoms. The number of allylic oxidation sites excluding steroid dienone is 4. The summed E-state index contributed by atoms with van der Waals surface area (Å²) in [5, 5.41) is 9.10. The molecular formula is C36H43N5O6S. The molecular weight excluding hydrogens is 630 g/mol.